The summed E-state index contributed by atoms with van der Waals surface area (Å²) in [6.45, 7) is 4.75. The normalized spacial score (nSPS) is 22.7. The van der Waals surface area contributed by atoms with Crippen LogP contribution in [0.4, 0.5) is 0 Å². The molecule has 3 fully saturated rings. The van der Waals surface area contributed by atoms with Crippen LogP contribution in [0.15, 0.2) is 10.8 Å². The molecule has 3 aliphatic rings. The van der Waals surface area contributed by atoms with Crippen molar-refractivity contribution >= 4 is 17.7 Å². The zero-order chi connectivity index (χ0) is 19.0. The van der Waals surface area contributed by atoms with E-state index in [4.69, 9.17) is 4.42 Å². The van der Waals surface area contributed by atoms with Crippen molar-refractivity contribution in [3.05, 3.63) is 17.8 Å². The van der Waals surface area contributed by atoms with Gasteiger partial charge in [-0.15, -0.1) is 0 Å². The molecule has 1 aromatic heterocycles. The number of amides is 3. The molecular weight excluding hydrogens is 336 g/mol. The SMILES string of the molecule is CC(C)c1ocnc1C(=O)N1C[C@@H]2CC[C@H](C1)N(CC(=O)N(C)C)C2=O. The van der Waals surface area contributed by atoms with Crippen molar-refractivity contribution in [2.24, 2.45) is 5.92 Å². The topological polar surface area (TPSA) is 87.0 Å². The minimum atomic E-state index is -0.262. The molecule has 0 radical (unpaired) electrons. The summed E-state index contributed by atoms with van der Waals surface area (Å²) in [5.41, 5.74) is 0.324. The van der Waals surface area contributed by atoms with Gasteiger partial charge in [-0.05, 0) is 12.8 Å². The average molecular weight is 362 g/mol. The maximum absolute atomic E-state index is 13.0. The van der Waals surface area contributed by atoms with Gasteiger partial charge in [0.15, 0.2) is 12.1 Å². The Kier molecular flexibility index (Phi) is 5.02. The Balaban J connectivity index is 1.81. The Morgan fingerprint density at radius 3 is 2.69 bits per heavy atom. The first-order chi connectivity index (χ1) is 12.3. The molecule has 8 heteroatoms. The third-order valence-corrected chi connectivity index (χ3v) is 5.21. The first-order valence-electron chi connectivity index (χ1n) is 9.02. The Morgan fingerprint density at radius 1 is 1.31 bits per heavy atom. The second-order valence-electron chi connectivity index (χ2n) is 7.61. The van der Waals surface area contributed by atoms with E-state index < -0.39 is 0 Å². The maximum Gasteiger partial charge on any atom is 0.276 e. The van der Waals surface area contributed by atoms with Gasteiger partial charge >= 0.3 is 0 Å². The molecule has 2 atom stereocenters. The molecule has 0 aromatic carbocycles. The van der Waals surface area contributed by atoms with Crippen molar-refractivity contribution in [2.75, 3.05) is 33.7 Å². The van der Waals surface area contributed by atoms with Gasteiger partial charge in [0.05, 0.1) is 5.92 Å². The van der Waals surface area contributed by atoms with E-state index in [1.165, 1.54) is 11.3 Å². The summed E-state index contributed by atoms with van der Waals surface area (Å²) in [6.07, 6.45) is 2.84. The van der Waals surface area contributed by atoms with Crippen LogP contribution in [0.25, 0.3) is 0 Å². The second kappa shape index (κ2) is 7.09. The maximum atomic E-state index is 13.0. The summed E-state index contributed by atoms with van der Waals surface area (Å²) in [6, 6.07) is -0.136. The molecule has 2 bridgehead atoms. The number of carbonyl (C=O) groups is 3. The second-order valence-corrected chi connectivity index (χ2v) is 7.61. The zero-order valence-corrected chi connectivity index (χ0v) is 15.8. The first-order valence-corrected chi connectivity index (χ1v) is 9.02. The zero-order valence-electron chi connectivity index (χ0n) is 15.8. The van der Waals surface area contributed by atoms with E-state index in [0.29, 0.717) is 24.5 Å². The van der Waals surface area contributed by atoms with Crippen molar-refractivity contribution in [1.29, 1.82) is 0 Å². The number of hydrogen-bond acceptors (Lipinski definition) is 5. The molecule has 4 heterocycles. The molecule has 3 aliphatic heterocycles. The Bertz CT molecular complexity index is 712. The molecule has 3 saturated heterocycles. The van der Waals surface area contributed by atoms with Gasteiger partial charge in [0.1, 0.15) is 12.3 Å². The lowest BCUT2D eigenvalue weighted by Gasteiger charge is -2.35. The minimum absolute atomic E-state index is 0.0315. The molecular formula is C18H26N4O4. The number of oxazole rings is 1. The lowest BCUT2D eigenvalue weighted by molar-refractivity contribution is -0.145. The van der Waals surface area contributed by atoms with Gasteiger partial charge in [-0.3, -0.25) is 14.4 Å². The minimum Gasteiger partial charge on any atom is -0.447 e. The molecule has 26 heavy (non-hydrogen) atoms. The van der Waals surface area contributed by atoms with Gasteiger partial charge in [-0.1, -0.05) is 13.8 Å². The number of hydrogen-bond donors (Lipinski definition) is 0. The van der Waals surface area contributed by atoms with Crippen molar-refractivity contribution in [3.63, 3.8) is 0 Å². The highest BCUT2D eigenvalue weighted by Gasteiger charge is 2.43. The van der Waals surface area contributed by atoms with Crippen LogP contribution in [0.5, 0.6) is 0 Å². The number of rotatable bonds is 4. The fraction of sp³-hybridized carbons (Fsp3) is 0.667. The van der Waals surface area contributed by atoms with Crippen molar-refractivity contribution in [1.82, 2.24) is 19.7 Å². The van der Waals surface area contributed by atoms with Gasteiger partial charge in [-0.2, -0.15) is 0 Å². The van der Waals surface area contributed by atoms with Gasteiger partial charge in [-0.25, -0.2) is 4.98 Å². The van der Waals surface area contributed by atoms with Crippen LogP contribution in [-0.4, -0.2) is 77.2 Å². The first kappa shape index (κ1) is 18.4. The third kappa shape index (κ3) is 3.32. The largest absolute Gasteiger partial charge is 0.447 e. The summed E-state index contributed by atoms with van der Waals surface area (Å²) >= 11 is 0. The molecule has 0 aliphatic carbocycles. The number of likely N-dealkylation sites (N-methyl/N-ethyl adjacent to an activating group) is 1. The van der Waals surface area contributed by atoms with E-state index in [2.05, 4.69) is 4.98 Å². The molecule has 1 aromatic rings. The molecule has 0 N–H and O–H groups in total. The summed E-state index contributed by atoms with van der Waals surface area (Å²) < 4.78 is 5.37. The summed E-state index contributed by atoms with van der Waals surface area (Å²) in [7, 11) is 3.35. The molecule has 0 spiro atoms. The van der Waals surface area contributed by atoms with E-state index in [-0.39, 0.29) is 42.1 Å². The smallest absolute Gasteiger partial charge is 0.276 e. The van der Waals surface area contributed by atoms with Gasteiger partial charge in [0.25, 0.3) is 5.91 Å². The Morgan fingerprint density at radius 2 is 2.04 bits per heavy atom. The van der Waals surface area contributed by atoms with E-state index in [1.54, 1.807) is 23.9 Å². The molecule has 4 rings (SSSR count). The average Bonchev–Trinajstić information content (AvgIpc) is 2.93. The van der Waals surface area contributed by atoms with E-state index >= 15 is 0 Å². The monoisotopic (exact) mass is 362 g/mol. The van der Waals surface area contributed by atoms with Gasteiger partial charge < -0.3 is 19.1 Å². The number of piperidine rings is 1. The number of fused-ring (bicyclic) bond motifs is 4. The molecule has 142 valence electrons. The summed E-state index contributed by atoms with van der Waals surface area (Å²) in [5.74, 6) is 0.0157. The van der Waals surface area contributed by atoms with Crippen LogP contribution >= 0.6 is 0 Å². The predicted molar refractivity (Wildman–Crippen MR) is 93.4 cm³/mol. The van der Waals surface area contributed by atoms with Crippen molar-refractivity contribution in [3.8, 4) is 0 Å². The number of carbonyl (C=O) groups excluding carboxylic acids is 3. The third-order valence-electron chi connectivity index (χ3n) is 5.21. The fourth-order valence-corrected chi connectivity index (χ4v) is 3.68. The standard InChI is InChI=1S/C18H26N4O4/c1-11(2)16-15(19-10-26-16)18(25)21-7-12-5-6-13(8-21)22(17(12)24)9-14(23)20(3)4/h10-13H,5-9H2,1-4H3/t12-,13+/m0/s1. The van der Waals surface area contributed by atoms with Crippen molar-refractivity contribution < 1.29 is 18.8 Å². The summed E-state index contributed by atoms with van der Waals surface area (Å²) in [4.78, 5) is 46.8. The fourth-order valence-electron chi connectivity index (χ4n) is 3.68. The van der Waals surface area contributed by atoms with Crippen LogP contribution in [0.3, 0.4) is 0 Å². The summed E-state index contributed by atoms with van der Waals surface area (Å²) in [5, 5.41) is 0. The molecule has 8 nitrogen and oxygen atoms in total. The molecule has 3 amide bonds. The van der Waals surface area contributed by atoms with Crippen LogP contribution in [-0.2, 0) is 9.59 Å². The van der Waals surface area contributed by atoms with Gasteiger partial charge in [0.2, 0.25) is 11.8 Å². The molecule has 0 unspecified atom stereocenters. The van der Waals surface area contributed by atoms with Crippen LogP contribution in [0, 0.1) is 5.92 Å². The lowest BCUT2D eigenvalue weighted by atomic mass is 9.94. The number of aromatic nitrogens is 1. The highest BCUT2D eigenvalue weighted by atomic mass is 16.3. The highest BCUT2D eigenvalue weighted by Crippen LogP contribution is 2.30. The number of nitrogens with zero attached hydrogens (tertiary/aromatic N) is 4. The van der Waals surface area contributed by atoms with Crippen LogP contribution in [0.1, 0.15) is 48.9 Å². The van der Waals surface area contributed by atoms with Crippen LogP contribution < -0.4 is 0 Å². The Hall–Kier alpha value is -2.38. The lowest BCUT2D eigenvalue weighted by Crippen LogP contribution is -2.51. The van der Waals surface area contributed by atoms with E-state index in [0.717, 1.165) is 12.8 Å². The van der Waals surface area contributed by atoms with Crippen molar-refractivity contribution in [2.45, 2.75) is 38.6 Å². The quantitative estimate of drug-likeness (QED) is 0.796. The van der Waals surface area contributed by atoms with E-state index in [9.17, 15) is 14.4 Å². The Labute approximate surface area is 153 Å². The van der Waals surface area contributed by atoms with E-state index in [1.807, 2.05) is 13.8 Å². The highest BCUT2D eigenvalue weighted by molar-refractivity contribution is 5.94. The van der Waals surface area contributed by atoms with Gasteiger partial charge in [0, 0.05) is 39.1 Å². The van der Waals surface area contributed by atoms with Crippen LogP contribution in [0.2, 0.25) is 0 Å². The molecule has 0 saturated carbocycles. The predicted octanol–water partition coefficient (Wildman–Crippen LogP) is 0.949.